The zero-order valence-electron chi connectivity index (χ0n) is 16.2. The largest absolute Gasteiger partial charge is 0.309 e. The molecule has 0 spiro atoms. The topological polar surface area (TPSA) is 76.5 Å². The summed E-state index contributed by atoms with van der Waals surface area (Å²) in [5.74, 6) is 1.26. The third-order valence-corrected chi connectivity index (χ3v) is 5.69. The number of para-hydroxylation sites is 2. The molecule has 0 unspecified atom stereocenters. The summed E-state index contributed by atoms with van der Waals surface area (Å²) in [6.07, 6.45) is 0. The van der Waals surface area contributed by atoms with Crippen molar-refractivity contribution in [2.75, 3.05) is 0 Å². The number of hydrogen-bond donors (Lipinski definition) is 1. The van der Waals surface area contributed by atoms with Gasteiger partial charge < -0.3 is 4.98 Å². The molecule has 0 atom stereocenters. The Hall–Kier alpha value is -3.78. The Kier molecular flexibility index (Phi) is 5.05. The van der Waals surface area contributed by atoms with Gasteiger partial charge in [-0.15, -0.1) is 10.2 Å². The van der Waals surface area contributed by atoms with E-state index in [9.17, 15) is 9.18 Å². The standard InChI is InChI=1S/C23H16FN5OS/c24-16-12-10-15(11-13-16)21-27-28-23(29(21)17-6-2-1-3-7-17)31-14-20-25-19-9-5-4-8-18(19)22(30)26-20/h1-13H,14H2,(H,25,26,30). The molecule has 2 heterocycles. The number of benzene rings is 3. The highest BCUT2D eigenvalue weighted by atomic mass is 32.2. The molecule has 0 saturated carbocycles. The number of H-pyrrole nitrogens is 1. The van der Waals surface area contributed by atoms with Gasteiger partial charge in [0.15, 0.2) is 11.0 Å². The molecular weight excluding hydrogens is 413 g/mol. The number of rotatable bonds is 5. The van der Waals surface area contributed by atoms with Crippen LogP contribution in [0.25, 0.3) is 28.0 Å². The number of hydrogen-bond acceptors (Lipinski definition) is 5. The first kappa shape index (κ1) is 19.2. The van der Waals surface area contributed by atoms with E-state index in [0.29, 0.717) is 33.5 Å². The van der Waals surface area contributed by atoms with Gasteiger partial charge in [-0.2, -0.15) is 0 Å². The SMILES string of the molecule is O=c1[nH]c(CSc2nnc(-c3ccc(F)cc3)n2-c2ccccc2)nc2ccccc12. The highest BCUT2D eigenvalue weighted by molar-refractivity contribution is 7.98. The number of aromatic amines is 1. The van der Waals surface area contributed by atoms with E-state index in [1.165, 1.54) is 23.9 Å². The van der Waals surface area contributed by atoms with Gasteiger partial charge in [0.1, 0.15) is 11.6 Å². The van der Waals surface area contributed by atoms with Crippen molar-refractivity contribution in [2.24, 2.45) is 0 Å². The average molecular weight is 429 g/mol. The summed E-state index contributed by atoms with van der Waals surface area (Å²) >= 11 is 1.41. The molecule has 152 valence electrons. The van der Waals surface area contributed by atoms with E-state index in [0.717, 1.165) is 11.3 Å². The van der Waals surface area contributed by atoms with Crippen LogP contribution in [0.15, 0.2) is 88.8 Å². The van der Waals surface area contributed by atoms with Crippen molar-refractivity contribution in [3.05, 3.63) is 101 Å². The second kappa shape index (κ2) is 8.16. The van der Waals surface area contributed by atoms with Crippen LogP contribution in [0.1, 0.15) is 5.82 Å². The molecule has 0 aliphatic rings. The van der Waals surface area contributed by atoms with Gasteiger partial charge in [0.25, 0.3) is 5.56 Å². The fourth-order valence-corrected chi connectivity index (χ4v) is 4.12. The maximum Gasteiger partial charge on any atom is 0.258 e. The molecule has 6 nitrogen and oxygen atoms in total. The predicted octanol–water partition coefficient (Wildman–Crippen LogP) is 4.60. The van der Waals surface area contributed by atoms with E-state index < -0.39 is 0 Å². The van der Waals surface area contributed by atoms with Gasteiger partial charge in [-0.3, -0.25) is 9.36 Å². The van der Waals surface area contributed by atoms with Crippen molar-refractivity contribution in [3.63, 3.8) is 0 Å². The van der Waals surface area contributed by atoms with Gasteiger partial charge in [-0.1, -0.05) is 42.1 Å². The summed E-state index contributed by atoms with van der Waals surface area (Å²) in [7, 11) is 0. The number of nitrogens with one attached hydrogen (secondary N) is 1. The van der Waals surface area contributed by atoms with Crippen LogP contribution in [0, 0.1) is 5.82 Å². The van der Waals surface area contributed by atoms with Crippen LogP contribution in [-0.2, 0) is 5.75 Å². The van der Waals surface area contributed by atoms with Crippen LogP contribution in [0.2, 0.25) is 0 Å². The molecule has 5 aromatic rings. The van der Waals surface area contributed by atoms with Crippen LogP contribution in [0.4, 0.5) is 4.39 Å². The molecule has 1 N–H and O–H groups in total. The second-order valence-electron chi connectivity index (χ2n) is 6.80. The Balaban J connectivity index is 1.52. The van der Waals surface area contributed by atoms with Crippen LogP contribution in [-0.4, -0.2) is 24.7 Å². The highest BCUT2D eigenvalue weighted by Crippen LogP contribution is 2.29. The highest BCUT2D eigenvalue weighted by Gasteiger charge is 2.17. The van der Waals surface area contributed by atoms with E-state index in [2.05, 4.69) is 20.2 Å². The predicted molar refractivity (Wildman–Crippen MR) is 119 cm³/mol. The quantitative estimate of drug-likeness (QED) is 0.413. The summed E-state index contributed by atoms with van der Waals surface area (Å²) in [5.41, 5.74) is 2.12. The fourth-order valence-electron chi connectivity index (χ4n) is 3.30. The van der Waals surface area contributed by atoms with Crippen LogP contribution < -0.4 is 5.56 Å². The molecule has 0 bridgehead atoms. The van der Waals surface area contributed by atoms with Crippen molar-refractivity contribution in [1.29, 1.82) is 0 Å². The molecule has 0 radical (unpaired) electrons. The Bertz CT molecular complexity index is 1410. The maximum absolute atomic E-state index is 13.4. The lowest BCUT2D eigenvalue weighted by molar-refractivity contribution is 0.628. The van der Waals surface area contributed by atoms with Gasteiger partial charge in [0.2, 0.25) is 0 Å². The van der Waals surface area contributed by atoms with Crippen LogP contribution in [0.5, 0.6) is 0 Å². The Morgan fingerprint density at radius 3 is 2.45 bits per heavy atom. The Morgan fingerprint density at radius 1 is 0.903 bits per heavy atom. The maximum atomic E-state index is 13.4. The van der Waals surface area contributed by atoms with Gasteiger partial charge >= 0.3 is 0 Å². The first-order valence-electron chi connectivity index (χ1n) is 9.56. The minimum Gasteiger partial charge on any atom is -0.309 e. The van der Waals surface area contributed by atoms with E-state index in [4.69, 9.17) is 0 Å². The molecule has 3 aromatic carbocycles. The molecule has 0 saturated heterocycles. The smallest absolute Gasteiger partial charge is 0.258 e. The fraction of sp³-hybridized carbons (Fsp3) is 0.0435. The third-order valence-electron chi connectivity index (χ3n) is 4.75. The molecular formula is C23H16FN5OS. The van der Waals surface area contributed by atoms with Gasteiger partial charge in [-0.05, 0) is 48.5 Å². The molecule has 8 heteroatoms. The zero-order valence-corrected chi connectivity index (χ0v) is 17.0. The molecule has 0 aliphatic heterocycles. The summed E-state index contributed by atoms with van der Waals surface area (Å²) in [5, 5.41) is 9.90. The van der Waals surface area contributed by atoms with Crippen molar-refractivity contribution in [1.82, 2.24) is 24.7 Å². The van der Waals surface area contributed by atoms with Crippen molar-refractivity contribution >= 4 is 22.7 Å². The Labute approximate surface area is 180 Å². The molecule has 0 amide bonds. The third kappa shape index (κ3) is 3.85. The molecule has 0 fully saturated rings. The van der Waals surface area contributed by atoms with Crippen LogP contribution in [0.3, 0.4) is 0 Å². The minimum atomic E-state index is -0.310. The van der Waals surface area contributed by atoms with Gasteiger partial charge in [0, 0.05) is 11.3 Å². The first-order valence-corrected chi connectivity index (χ1v) is 10.5. The summed E-state index contributed by atoms with van der Waals surface area (Å²) < 4.78 is 15.3. The van der Waals surface area contributed by atoms with E-state index in [-0.39, 0.29) is 11.4 Å². The summed E-state index contributed by atoms with van der Waals surface area (Å²) in [6, 6.07) is 23.1. The zero-order chi connectivity index (χ0) is 21.2. The number of aromatic nitrogens is 5. The van der Waals surface area contributed by atoms with Gasteiger partial charge in [-0.25, -0.2) is 9.37 Å². The molecule has 5 rings (SSSR count). The first-order chi connectivity index (χ1) is 15.2. The number of nitrogens with zero attached hydrogens (tertiary/aromatic N) is 4. The summed E-state index contributed by atoms with van der Waals surface area (Å²) in [4.78, 5) is 19.7. The normalized spacial score (nSPS) is 11.1. The molecule has 2 aromatic heterocycles. The molecule has 0 aliphatic carbocycles. The van der Waals surface area contributed by atoms with E-state index in [1.54, 1.807) is 18.2 Å². The monoisotopic (exact) mass is 429 g/mol. The van der Waals surface area contributed by atoms with E-state index >= 15 is 0 Å². The van der Waals surface area contributed by atoms with Crippen molar-refractivity contribution in [3.8, 4) is 17.1 Å². The average Bonchev–Trinajstić information content (AvgIpc) is 3.23. The second-order valence-corrected chi connectivity index (χ2v) is 7.74. The van der Waals surface area contributed by atoms with Crippen LogP contribution >= 0.6 is 11.8 Å². The lowest BCUT2D eigenvalue weighted by Crippen LogP contribution is -2.11. The summed E-state index contributed by atoms with van der Waals surface area (Å²) in [6.45, 7) is 0. The van der Waals surface area contributed by atoms with Gasteiger partial charge in [0.05, 0.1) is 16.7 Å². The Morgan fingerprint density at radius 2 is 1.65 bits per heavy atom. The number of halogens is 1. The minimum absolute atomic E-state index is 0.169. The van der Waals surface area contributed by atoms with Crippen molar-refractivity contribution in [2.45, 2.75) is 10.9 Å². The van der Waals surface area contributed by atoms with Crippen molar-refractivity contribution < 1.29 is 4.39 Å². The molecule has 31 heavy (non-hydrogen) atoms. The number of fused-ring (bicyclic) bond motifs is 1. The lowest BCUT2D eigenvalue weighted by atomic mass is 10.2. The van der Waals surface area contributed by atoms with E-state index in [1.807, 2.05) is 53.1 Å². The number of thioether (sulfide) groups is 1. The lowest BCUT2D eigenvalue weighted by Gasteiger charge is -2.10.